The molecule has 0 saturated heterocycles. The van der Waals surface area contributed by atoms with Crippen LogP contribution in [0.4, 0.5) is 5.82 Å². The second kappa shape index (κ2) is 4.65. The minimum Gasteiger partial charge on any atom is -0.280 e. The molecule has 0 bridgehead atoms. The largest absolute Gasteiger partial charge is 0.280 e. The lowest BCUT2D eigenvalue weighted by molar-refractivity contribution is 0.593. The number of sulfone groups is 1. The Balaban J connectivity index is 2.77. The zero-order valence-electron chi connectivity index (χ0n) is 9.81. The second-order valence-electron chi connectivity index (χ2n) is 3.87. The van der Waals surface area contributed by atoms with E-state index < -0.39 is 31.4 Å². The van der Waals surface area contributed by atoms with Gasteiger partial charge in [0.15, 0.2) is 5.82 Å². The summed E-state index contributed by atoms with van der Waals surface area (Å²) in [6.45, 7) is 3.48. The van der Waals surface area contributed by atoms with Crippen LogP contribution in [0.15, 0.2) is 0 Å². The van der Waals surface area contributed by atoms with Gasteiger partial charge in [-0.1, -0.05) is 0 Å². The summed E-state index contributed by atoms with van der Waals surface area (Å²) in [5, 5.41) is 6.42. The number of aromatic amines is 1. The minimum atomic E-state index is -3.69. The van der Waals surface area contributed by atoms with Crippen molar-refractivity contribution in [3.8, 4) is 0 Å². The van der Waals surface area contributed by atoms with Crippen LogP contribution in [0.1, 0.15) is 11.3 Å². The van der Waals surface area contributed by atoms with E-state index in [4.69, 9.17) is 0 Å². The van der Waals surface area contributed by atoms with E-state index in [1.165, 1.54) is 0 Å². The highest BCUT2D eigenvalue weighted by atomic mass is 32.2. The number of aromatic nitrogens is 2. The third kappa shape index (κ3) is 4.35. The summed E-state index contributed by atoms with van der Waals surface area (Å²) in [5.41, 5.74) is 1.44. The van der Waals surface area contributed by atoms with Crippen LogP contribution in [0, 0.1) is 13.8 Å². The summed E-state index contributed by atoms with van der Waals surface area (Å²) < 4.78 is 47.2. The molecule has 17 heavy (non-hydrogen) atoms. The van der Waals surface area contributed by atoms with E-state index in [9.17, 15) is 16.8 Å². The Labute approximate surface area is 101 Å². The molecule has 1 aromatic rings. The number of aryl methyl sites for hydroxylation is 1. The Kier molecular flexibility index (Phi) is 3.82. The zero-order chi connectivity index (χ0) is 13.3. The van der Waals surface area contributed by atoms with E-state index >= 15 is 0 Å². The molecule has 0 radical (unpaired) electrons. The average Bonchev–Trinajstić information content (AvgIpc) is 2.46. The van der Waals surface area contributed by atoms with Crippen LogP contribution in [-0.2, 0) is 19.9 Å². The number of hydrogen-bond donors (Lipinski definition) is 2. The van der Waals surface area contributed by atoms with Crippen LogP contribution in [0.2, 0.25) is 0 Å². The molecule has 0 amide bonds. The lowest BCUT2D eigenvalue weighted by Gasteiger charge is -2.05. The smallest absolute Gasteiger partial charge is 0.234 e. The van der Waals surface area contributed by atoms with Crippen LogP contribution in [-0.4, -0.2) is 44.8 Å². The van der Waals surface area contributed by atoms with Gasteiger partial charge in [0, 0.05) is 17.5 Å². The van der Waals surface area contributed by atoms with E-state index in [0.29, 0.717) is 5.56 Å². The first kappa shape index (κ1) is 14.0. The molecule has 0 spiro atoms. The fourth-order valence-electron chi connectivity index (χ4n) is 1.04. The summed E-state index contributed by atoms with van der Waals surface area (Å²) in [6, 6.07) is 0. The van der Waals surface area contributed by atoms with E-state index in [-0.39, 0.29) is 5.82 Å². The fraction of sp³-hybridized carbons (Fsp3) is 0.625. The molecule has 98 valence electrons. The van der Waals surface area contributed by atoms with Gasteiger partial charge in [0.2, 0.25) is 10.0 Å². The molecule has 0 aromatic carbocycles. The summed E-state index contributed by atoms with van der Waals surface area (Å²) in [6.07, 6.45) is 0.993. The molecule has 0 fully saturated rings. The molecule has 1 aromatic heterocycles. The molecule has 2 N–H and O–H groups in total. The highest BCUT2D eigenvalue weighted by Gasteiger charge is 2.17. The summed E-state index contributed by atoms with van der Waals surface area (Å²) in [4.78, 5) is 0. The number of hydrogen-bond acceptors (Lipinski definition) is 5. The van der Waals surface area contributed by atoms with Crippen molar-refractivity contribution in [2.45, 2.75) is 13.8 Å². The van der Waals surface area contributed by atoms with Crippen LogP contribution < -0.4 is 4.72 Å². The van der Waals surface area contributed by atoms with Gasteiger partial charge in [-0.25, -0.2) is 16.8 Å². The third-order valence-electron chi connectivity index (χ3n) is 2.23. The molecule has 0 aliphatic carbocycles. The Morgan fingerprint density at radius 2 is 1.76 bits per heavy atom. The predicted octanol–water partition coefficient (Wildman–Crippen LogP) is -0.187. The first-order valence-corrected chi connectivity index (χ1v) is 8.52. The van der Waals surface area contributed by atoms with Gasteiger partial charge < -0.3 is 0 Å². The monoisotopic (exact) mass is 281 g/mol. The van der Waals surface area contributed by atoms with E-state index in [2.05, 4.69) is 14.9 Å². The topological polar surface area (TPSA) is 109 Å². The van der Waals surface area contributed by atoms with Crippen molar-refractivity contribution in [2.75, 3.05) is 22.5 Å². The van der Waals surface area contributed by atoms with Gasteiger partial charge in [0.1, 0.15) is 9.84 Å². The van der Waals surface area contributed by atoms with Gasteiger partial charge in [-0.3, -0.25) is 9.82 Å². The second-order valence-corrected chi connectivity index (χ2v) is 7.97. The SMILES string of the molecule is Cc1[nH]nc(NS(=O)(=O)CCS(C)(=O)=O)c1C. The molecule has 0 unspecified atom stereocenters. The summed E-state index contributed by atoms with van der Waals surface area (Å²) >= 11 is 0. The van der Waals surface area contributed by atoms with Crippen molar-refractivity contribution in [1.82, 2.24) is 10.2 Å². The van der Waals surface area contributed by atoms with Gasteiger partial charge in [0.25, 0.3) is 0 Å². The van der Waals surface area contributed by atoms with Gasteiger partial charge in [-0.05, 0) is 13.8 Å². The number of H-pyrrole nitrogens is 1. The third-order valence-corrected chi connectivity index (χ3v) is 4.68. The summed E-state index contributed by atoms with van der Waals surface area (Å²) in [7, 11) is -6.99. The summed E-state index contributed by atoms with van der Waals surface area (Å²) in [5.74, 6) is -0.682. The Bertz CT molecular complexity index is 601. The molecule has 9 heteroatoms. The van der Waals surface area contributed by atoms with Crippen molar-refractivity contribution >= 4 is 25.7 Å². The predicted molar refractivity (Wildman–Crippen MR) is 65.2 cm³/mol. The highest BCUT2D eigenvalue weighted by Crippen LogP contribution is 2.15. The van der Waals surface area contributed by atoms with Gasteiger partial charge in [0.05, 0.1) is 11.5 Å². The molecule has 0 aliphatic rings. The maximum Gasteiger partial charge on any atom is 0.234 e. The number of sulfonamides is 1. The van der Waals surface area contributed by atoms with E-state index in [1.54, 1.807) is 13.8 Å². The van der Waals surface area contributed by atoms with Crippen molar-refractivity contribution in [3.63, 3.8) is 0 Å². The maximum atomic E-state index is 11.6. The van der Waals surface area contributed by atoms with Crippen molar-refractivity contribution < 1.29 is 16.8 Å². The molecule has 0 atom stereocenters. The number of nitrogens with zero attached hydrogens (tertiary/aromatic N) is 1. The Hall–Kier alpha value is -1.09. The molecule has 0 aliphatic heterocycles. The van der Waals surface area contributed by atoms with Crippen LogP contribution >= 0.6 is 0 Å². The molecule has 7 nitrogen and oxygen atoms in total. The molecular formula is C8H15N3O4S2. The standard InChI is InChI=1S/C8H15N3O4S2/c1-6-7(2)9-10-8(6)11-17(14,15)5-4-16(3,12)13/h4-5H2,1-3H3,(H2,9,10,11). The van der Waals surface area contributed by atoms with Gasteiger partial charge in [-0.2, -0.15) is 5.10 Å². The normalized spacial score (nSPS) is 12.6. The van der Waals surface area contributed by atoms with E-state index in [0.717, 1.165) is 11.9 Å². The molecule has 1 heterocycles. The number of nitrogens with one attached hydrogen (secondary N) is 2. The first-order valence-electron chi connectivity index (χ1n) is 4.80. The Morgan fingerprint density at radius 3 is 2.18 bits per heavy atom. The Morgan fingerprint density at radius 1 is 1.18 bits per heavy atom. The van der Waals surface area contributed by atoms with E-state index in [1.807, 2.05) is 0 Å². The van der Waals surface area contributed by atoms with Crippen LogP contribution in [0.5, 0.6) is 0 Å². The first-order chi connectivity index (χ1) is 7.61. The molecule has 0 saturated carbocycles. The quantitative estimate of drug-likeness (QED) is 0.777. The van der Waals surface area contributed by atoms with Crippen LogP contribution in [0.3, 0.4) is 0 Å². The number of anilines is 1. The highest BCUT2D eigenvalue weighted by molar-refractivity contribution is 7.95. The minimum absolute atomic E-state index is 0.205. The average molecular weight is 281 g/mol. The van der Waals surface area contributed by atoms with Gasteiger partial charge in [-0.15, -0.1) is 0 Å². The lowest BCUT2D eigenvalue weighted by Crippen LogP contribution is -2.22. The van der Waals surface area contributed by atoms with Crippen molar-refractivity contribution in [1.29, 1.82) is 0 Å². The van der Waals surface area contributed by atoms with Crippen molar-refractivity contribution in [2.24, 2.45) is 0 Å². The van der Waals surface area contributed by atoms with Crippen LogP contribution in [0.25, 0.3) is 0 Å². The molecular weight excluding hydrogens is 266 g/mol. The van der Waals surface area contributed by atoms with Crippen molar-refractivity contribution in [3.05, 3.63) is 11.3 Å². The van der Waals surface area contributed by atoms with Gasteiger partial charge >= 0.3 is 0 Å². The molecule has 1 rings (SSSR count). The maximum absolute atomic E-state index is 11.6. The zero-order valence-corrected chi connectivity index (χ0v) is 11.4. The lowest BCUT2D eigenvalue weighted by atomic mass is 10.3. The fourth-order valence-corrected chi connectivity index (χ4v) is 3.73. The number of rotatable bonds is 5.